The Labute approximate surface area is 160 Å². The molecular weight excluding hydrogens is 368 g/mol. The lowest BCUT2D eigenvalue weighted by atomic mass is 10.3. The van der Waals surface area contributed by atoms with E-state index in [2.05, 4.69) is 25.6 Å². The maximum absolute atomic E-state index is 14.3. The quantitative estimate of drug-likeness (QED) is 0.700. The fourth-order valence-electron chi connectivity index (χ4n) is 2.64. The number of primary amides is 1. The van der Waals surface area contributed by atoms with Crippen LogP contribution >= 0.6 is 0 Å². The van der Waals surface area contributed by atoms with Gasteiger partial charge in [-0.1, -0.05) is 0 Å². The van der Waals surface area contributed by atoms with Crippen LogP contribution in [0.1, 0.15) is 33.2 Å². The summed E-state index contributed by atoms with van der Waals surface area (Å²) in [5, 5.41) is 5.88. The maximum Gasteiger partial charge on any atom is 0.240 e. The first kappa shape index (κ1) is 19.5. The van der Waals surface area contributed by atoms with Gasteiger partial charge in [-0.05, 0) is 39.0 Å². The van der Waals surface area contributed by atoms with Crippen LogP contribution in [0.3, 0.4) is 0 Å². The molecule has 2 aromatic heterocycles. The van der Waals surface area contributed by atoms with Gasteiger partial charge in [-0.3, -0.25) is 9.36 Å². The summed E-state index contributed by atoms with van der Waals surface area (Å²) in [7, 11) is 0. The fourth-order valence-corrected chi connectivity index (χ4v) is 2.64. The smallest absolute Gasteiger partial charge is 0.240 e. The Morgan fingerprint density at radius 1 is 1.25 bits per heavy atom. The van der Waals surface area contributed by atoms with Gasteiger partial charge in [-0.15, -0.1) is 0 Å². The molecule has 8 nitrogen and oxygen atoms in total. The molecule has 2 heterocycles. The van der Waals surface area contributed by atoms with E-state index in [4.69, 9.17) is 5.73 Å². The molecule has 0 aromatic carbocycles. The SMILES string of the molecule is CC(C)Nc1ncc2nc(NC3=CC=C(F)CC=C3F)n(C(C)C(N)=O)c2n1. The van der Waals surface area contributed by atoms with Crippen molar-refractivity contribution in [2.24, 2.45) is 5.73 Å². The van der Waals surface area contributed by atoms with Crippen LogP contribution in [0.4, 0.5) is 20.7 Å². The highest BCUT2D eigenvalue weighted by Crippen LogP contribution is 2.27. The second-order valence-corrected chi connectivity index (χ2v) is 6.66. The Bertz CT molecular complexity index is 1010. The average Bonchev–Trinajstić information content (AvgIpc) is 2.90. The van der Waals surface area contributed by atoms with E-state index >= 15 is 0 Å². The normalized spacial score (nSPS) is 15.6. The summed E-state index contributed by atoms with van der Waals surface area (Å²) in [6.07, 6.45) is 4.91. The minimum atomic E-state index is -0.819. The number of carbonyl (C=O) groups is 1. The van der Waals surface area contributed by atoms with E-state index in [1.165, 1.54) is 22.9 Å². The zero-order chi connectivity index (χ0) is 20.4. The summed E-state index contributed by atoms with van der Waals surface area (Å²) in [4.78, 5) is 24.8. The molecular formula is C18H21F2N7O. The van der Waals surface area contributed by atoms with E-state index in [1.54, 1.807) is 6.92 Å². The van der Waals surface area contributed by atoms with Crippen LogP contribution in [0.15, 0.2) is 41.8 Å². The number of hydrogen-bond acceptors (Lipinski definition) is 6. The zero-order valence-corrected chi connectivity index (χ0v) is 15.7. The van der Waals surface area contributed by atoms with E-state index < -0.39 is 23.6 Å². The minimum Gasteiger partial charge on any atom is -0.368 e. The Hall–Kier alpha value is -3.30. The van der Waals surface area contributed by atoms with Crippen molar-refractivity contribution in [1.29, 1.82) is 0 Å². The summed E-state index contributed by atoms with van der Waals surface area (Å²) in [6.45, 7) is 5.45. The van der Waals surface area contributed by atoms with Gasteiger partial charge in [0.25, 0.3) is 0 Å². The van der Waals surface area contributed by atoms with Crippen LogP contribution < -0.4 is 16.4 Å². The van der Waals surface area contributed by atoms with Crippen LogP contribution in [-0.2, 0) is 4.79 Å². The van der Waals surface area contributed by atoms with Gasteiger partial charge in [0, 0.05) is 12.5 Å². The van der Waals surface area contributed by atoms with Gasteiger partial charge in [0.2, 0.25) is 17.8 Å². The van der Waals surface area contributed by atoms with Crippen molar-refractivity contribution in [2.75, 3.05) is 10.6 Å². The number of aromatic nitrogens is 4. The Morgan fingerprint density at radius 2 is 2.00 bits per heavy atom. The molecule has 1 aliphatic rings. The molecule has 0 fully saturated rings. The van der Waals surface area contributed by atoms with Gasteiger partial charge >= 0.3 is 0 Å². The van der Waals surface area contributed by atoms with Crippen molar-refractivity contribution < 1.29 is 13.6 Å². The molecule has 0 saturated heterocycles. The first-order valence-corrected chi connectivity index (χ1v) is 8.76. The maximum atomic E-state index is 14.3. The van der Waals surface area contributed by atoms with E-state index in [0.29, 0.717) is 17.1 Å². The number of amides is 1. The molecule has 148 valence electrons. The van der Waals surface area contributed by atoms with Crippen molar-refractivity contribution in [3.05, 3.63) is 41.8 Å². The van der Waals surface area contributed by atoms with E-state index in [9.17, 15) is 13.6 Å². The monoisotopic (exact) mass is 389 g/mol. The van der Waals surface area contributed by atoms with Crippen LogP contribution in [0.2, 0.25) is 0 Å². The third-order valence-electron chi connectivity index (χ3n) is 4.06. The van der Waals surface area contributed by atoms with Gasteiger partial charge in [0.15, 0.2) is 5.65 Å². The summed E-state index contributed by atoms with van der Waals surface area (Å²) in [5.41, 5.74) is 6.23. The lowest BCUT2D eigenvalue weighted by Crippen LogP contribution is -2.25. The van der Waals surface area contributed by atoms with Crippen molar-refractivity contribution in [2.45, 2.75) is 39.3 Å². The number of carbonyl (C=O) groups excluding carboxylic acids is 1. The van der Waals surface area contributed by atoms with Crippen LogP contribution in [0, 0.1) is 0 Å². The van der Waals surface area contributed by atoms with E-state index in [-0.39, 0.29) is 24.1 Å². The first-order valence-electron chi connectivity index (χ1n) is 8.76. The molecule has 3 rings (SSSR count). The molecule has 1 aliphatic carbocycles. The molecule has 2 aromatic rings. The molecule has 0 spiro atoms. The number of imidazole rings is 1. The highest BCUT2D eigenvalue weighted by molar-refractivity contribution is 5.83. The van der Waals surface area contributed by atoms with Gasteiger partial charge in [0.1, 0.15) is 23.2 Å². The van der Waals surface area contributed by atoms with Crippen molar-refractivity contribution in [3.8, 4) is 0 Å². The Kier molecular flexibility index (Phi) is 5.39. The number of fused-ring (bicyclic) bond motifs is 1. The van der Waals surface area contributed by atoms with Crippen LogP contribution in [-0.4, -0.2) is 31.5 Å². The molecule has 0 aliphatic heterocycles. The molecule has 1 atom stereocenters. The Balaban J connectivity index is 2.10. The number of nitrogens with two attached hydrogens (primary N) is 1. The van der Waals surface area contributed by atoms with Crippen molar-refractivity contribution >= 4 is 29.0 Å². The molecule has 0 bridgehead atoms. The predicted molar refractivity (Wildman–Crippen MR) is 103 cm³/mol. The number of nitrogens with zero attached hydrogens (tertiary/aromatic N) is 4. The molecule has 0 radical (unpaired) electrons. The molecule has 28 heavy (non-hydrogen) atoms. The number of rotatable bonds is 6. The van der Waals surface area contributed by atoms with Gasteiger partial charge < -0.3 is 16.4 Å². The van der Waals surface area contributed by atoms with Gasteiger partial charge in [-0.2, -0.15) is 4.98 Å². The van der Waals surface area contributed by atoms with Gasteiger partial charge in [0.05, 0.1) is 11.9 Å². The van der Waals surface area contributed by atoms with Crippen LogP contribution in [0.5, 0.6) is 0 Å². The molecule has 1 unspecified atom stereocenters. The summed E-state index contributed by atoms with van der Waals surface area (Å²) < 4.78 is 29.2. The molecule has 10 heteroatoms. The summed E-state index contributed by atoms with van der Waals surface area (Å²) >= 11 is 0. The van der Waals surface area contributed by atoms with E-state index in [1.807, 2.05) is 13.8 Å². The largest absolute Gasteiger partial charge is 0.368 e. The van der Waals surface area contributed by atoms with Crippen molar-refractivity contribution in [3.63, 3.8) is 0 Å². The third kappa shape index (κ3) is 4.00. The lowest BCUT2D eigenvalue weighted by Gasteiger charge is -2.16. The zero-order valence-electron chi connectivity index (χ0n) is 15.7. The Morgan fingerprint density at radius 3 is 2.68 bits per heavy atom. The first-order chi connectivity index (χ1) is 13.3. The molecule has 0 saturated carbocycles. The highest BCUT2D eigenvalue weighted by Gasteiger charge is 2.23. The topological polar surface area (TPSA) is 111 Å². The number of halogens is 2. The van der Waals surface area contributed by atoms with E-state index in [0.717, 1.165) is 6.08 Å². The third-order valence-corrected chi connectivity index (χ3v) is 4.06. The van der Waals surface area contributed by atoms with Gasteiger partial charge in [-0.25, -0.2) is 18.7 Å². The average molecular weight is 389 g/mol. The second-order valence-electron chi connectivity index (χ2n) is 6.66. The minimum absolute atomic E-state index is 0.00867. The number of hydrogen-bond donors (Lipinski definition) is 3. The predicted octanol–water partition coefficient (Wildman–Crippen LogP) is 3.10. The molecule has 4 N–H and O–H groups in total. The van der Waals surface area contributed by atoms with Crippen molar-refractivity contribution in [1.82, 2.24) is 19.5 Å². The second kappa shape index (κ2) is 7.75. The standard InChI is InChI=1S/C18H21F2N7O/c1-9(2)23-17-22-8-14-16(26-17)27(10(3)15(21)28)18(25-14)24-13-7-5-11(19)4-6-12(13)20/h5-10H,4H2,1-3H3,(H2,21,28)(H,24,25)(H,22,23,26). The fraction of sp³-hybridized carbons (Fsp3) is 0.333. The summed E-state index contributed by atoms with van der Waals surface area (Å²) in [5.74, 6) is -1.22. The van der Waals surface area contributed by atoms with Crippen LogP contribution in [0.25, 0.3) is 11.2 Å². The number of allylic oxidation sites excluding steroid dienone is 5. The highest BCUT2D eigenvalue weighted by atomic mass is 19.1. The number of anilines is 2. The number of nitrogens with one attached hydrogen (secondary N) is 2. The molecule has 1 amide bonds. The summed E-state index contributed by atoms with van der Waals surface area (Å²) in [6, 6.07) is -0.725. The lowest BCUT2D eigenvalue weighted by molar-refractivity contribution is -0.120.